The van der Waals surface area contributed by atoms with Crippen molar-refractivity contribution in [3.63, 3.8) is 0 Å². The van der Waals surface area contributed by atoms with E-state index in [4.69, 9.17) is 9.97 Å². The summed E-state index contributed by atoms with van der Waals surface area (Å²) >= 11 is 0. The van der Waals surface area contributed by atoms with Gasteiger partial charge in [0, 0.05) is 34.6 Å². The molecule has 0 unspecified atom stereocenters. The summed E-state index contributed by atoms with van der Waals surface area (Å²) in [6.45, 7) is 0. The molecule has 2 aliphatic rings. The van der Waals surface area contributed by atoms with Crippen LogP contribution in [0.3, 0.4) is 0 Å². The first-order valence-electron chi connectivity index (χ1n) is 20.2. The van der Waals surface area contributed by atoms with E-state index in [1.54, 1.807) is 0 Å². The first-order valence-corrected chi connectivity index (χ1v) is 20.2. The summed E-state index contributed by atoms with van der Waals surface area (Å²) in [5, 5.41) is 2.48. The molecule has 2 aliphatic carbocycles. The Labute approximate surface area is 343 Å². The molecule has 0 atom stereocenters. The highest BCUT2D eigenvalue weighted by Gasteiger charge is 2.51. The molecule has 1 spiro atoms. The first-order chi connectivity index (χ1) is 29.2. The maximum atomic E-state index is 5.39. The molecule has 12 rings (SSSR count). The Morgan fingerprint density at radius 3 is 1.58 bits per heavy atom. The van der Waals surface area contributed by atoms with Crippen molar-refractivity contribution in [1.29, 1.82) is 0 Å². The van der Waals surface area contributed by atoms with Crippen LogP contribution in [0.4, 0.5) is 0 Å². The van der Waals surface area contributed by atoms with Gasteiger partial charge in [-0.15, -0.1) is 0 Å². The lowest BCUT2D eigenvalue weighted by molar-refractivity contribution is 0.794. The Bertz CT molecular complexity index is 3210. The van der Waals surface area contributed by atoms with Crippen LogP contribution in [0.5, 0.6) is 0 Å². The molecule has 2 heterocycles. The number of hydrogen-bond acceptors (Lipinski definition) is 3. The molecule has 0 N–H and O–H groups in total. The van der Waals surface area contributed by atoms with Crippen molar-refractivity contribution in [2.24, 2.45) is 0 Å². The van der Waals surface area contributed by atoms with Crippen molar-refractivity contribution in [3.8, 4) is 78.4 Å². The van der Waals surface area contributed by atoms with E-state index in [2.05, 4.69) is 199 Å². The molecule has 2 aromatic heterocycles. The zero-order valence-corrected chi connectivity index (χ0v) is 32.0. The van der Waals surface area contributed by atoms with Crippen molar-refractivity contribution in [1.82, 2.24) is 15.0 Å². The molecule has 0 saturated heterocycles. The molecule has 0 amide bonds. The van der Waals surface area contributed by atoms with Crippen LogP contribution < -0.4 is 0 Å². The van der Waals surface area contributed by atoms with Crippen LogP contribution >= 0.6 is 0 Å². The second kappa shape index (κ2) is 13.2. The third kappa shape index (κ3) is 5.11. The van der Waals surface area contributed by atoms with Gasteiger partial charge in [-0.25, -0.2) is 9.97 Å². The number of hydrogen-bond donors (Lipinski definition) is 0. The average molecular weight is 750 g/mol. The van der Waals surface area contributed by atoms with Gasteiger partial charge >= 0.3 is 0 Å². The topological polar surface area (TPSA) is 38.7 Å². The van der Waals surface area contributed by atoms with Crippen LogP contribution in [0.2, 0.25) is 0 Å². The van der Waals surface area contributed by atoms with Gasteiger partial charge in [-0.05, 0) is 96.2 Å². The summed E-state index contributed by atoms with van der Waals surface area (Å²) in [7, 11) is 0. The molecule has 3 heteroatoms. The van der Waals surface area contributed by atoms with Crippen molar-refractivity contribution < 1.29 is 0 Å². The van der Waals surface area contributed by atoms with Crippen molar-refractivity contribution in [2.75, 3.05) is 0 Å². The van der Waals surface area contributed by atoms with E-state index < -0.39 is 5.41 Å². The van der Waals surface area contributed by atoms with E-state index in [-0.39, 0.29) is 0 Å². The smallest absolute Gasteiger partial charge is 0.160 e. The standard InChI is InChI=1S/C56H35N3/c1-2-17-43-36(12-1)13-10-21-44(43)37-25-27-38(28-26-37)53-34-54(40-15-9-14-39(32-40)42-16-11-31-57-35-42)59-55(58-53)41-29-30-48-47-20-5-8-24-51(47)56(52(48)33-41)49-22-6-3-18-45(49)46-19-4-7-23-50(46)56/h1-35H. The molecule has 274 valence electrons. The largest absolute Gasteiger partial charge is 0.264 e. The molecule has 3 nitrogen and oxygen atoms in total. The fourth-order valence-electron chi connectivity index (χ4n) is 9.80. The number of aromatic nitrogens is 3. The van der Waals surface area contributed by atoms with Gasteiger partial charge in [0.15, 0.2) is 5.82 Å². The average Bonchev–Trinajstić information content (AvgIpc) is 3.79. The number of pyridine rings is 1. The summed E-state index contributed by atoms with van der Waals surface area (Å²) in [6, 6.07) is 72.4. The van der Waals surface area contributed by atoms with Crippen LogP contribution in [0.15, 0.2) is 213 Å². The number of fused-ring (bicyclic) bond motifs is 11. The minimum absolute atomic E-state index is 0.453. The Kier molecular flexibility index (Phi) is 7.45. The predicted molar refractivity (Wildman–Crippen MR) is 241 cm³/mol. The molecule has 0 aliphatic heterocycles. The van der Waals surface area contributed by atoms with Gasteiger partial charge in [0.2, 0.25) is 0 Å². The summed E-state index contributed by atoms with van der Waals surface area (Å²) in [6.07, 6.45) is 3.72. The quantitative estimate of drug-likeness (QED) is 0.176. The van der Waals surface area contributed by atoms with Gasteiger partial charge in [-0.3, -0.25) is 4.98 Å². The minimum Gasteiger partial charge on any atom is -0.264 e. The van der Waals surface area contributed by atoms with Gasteiger partial charge in [-0.1, -0.05) is 176 Å². The highest BCUT2D eigenvalue weighted by atomic mass is 14.9. The molecule has 0 bridgehead atoms. The Morgan fingerprint density at radius 1 is 0.322 bits per heavy atom. The van der Waals surface area contributed by atoms with Crippen LogP contribution in [0.1, 0.15) is 22.3 Å². The minimum atomic E-state index is -0.453. The lowest BCUT2D eigenvalue weighted by atomic mass is 9.70. The molecular formula is C56H35N3. The highest BCUT2D eigenvalue weighted by molar-refractivity contribution is 5.98. The van der Waals surface area contributed by atoms with Crippen LogP contribution in [0.25, 0.3) is 89.2 Å². The SMILES string of the molecule is c1cncc(-c2cccc(-c3cc(-c4ccc(-c5cccc6ccccc56)cc4)nc(-c4ccc5c(c4)C4(c6ccccc6-c6ccccc64)c4ccccc4-5)n3)c2)c1. The van der Waals surface area contributed by atoms with E-state index >= 15 is 0 Å². The summed E-state index contributed by atoms with van der Waals surface area (Å²) in [4.78, 5) is 15.2. The summed E-state index contributed by atoms with van der Waals surface area (Å²) < 4.78 is 0. The van der Waals surface area contributed by atoms with Crippen LogP contribution in [-0.2, 0) is 5.41 Å². The third-order valence-corrected chi connectivity index (χ3v) is 12.4. The fraction of sp³-hybridized carbons (Fsp3) is 0.0179. The van der Waals surface area contributed by atoms with Crippen LogP contribution in [-0.4, -0.2) is 15.0 Å². The van der Waals surface area contributed by atoms with E-state index in [1.807, 2.05) is 18.5 Å². The normalized spacial score (nSPS) is 12.9. The van der Waals surface area contributed by atoms with Gasteiger partial charge in [0.05, 0.1) is 16.8 Å². The third-order valence-electron chi connectivity index (χ3n) is 12.4. The summed E-state index contributed by atoms with van der Waals surface area (Å²) in [5.74, 6) is 0.691. The number of rotatable bonds is 5. The van der Waals surface area contributed by atoms with Crippen molar-refractivity contribution in [3.05, 3.63) is 235 Å². The molecule has 59 heavy (non-hydrogen) atoms. The van der Waals surface area contributed by atoms with Gasteiger partial charge in [-0.2, -0.15) is 0 Å². The molecule has 0 radical (unpaired) electrons. The Morgan fingerprint density at radius 2 is 0.864 bits per heavy atom. The number of benzene rings is 8. The molecule has 10 aromatic rings. The molecule has 0 fully saturated rings. The van der Waals surface area contributed by atoms with E-state index in [0.29, 0.717) is 5.82 Å². The molecule has 0 saturated carbocycles. The second-order valence-corrected chi connectivity index (χ2v) is 15.5. The predicted octanol–water partition coefficient (Wildman–Crippen LogP) is 13.7. The zero-order valence-electron chi connectivity index (χ0n) is 32.0. The maximum absolute atomic E-state index is 5.39. The first kappa shape index (κ1) is 33.4. The van der Waals surface area contributed by atoms with E-state index in [0.717, 1.165) is 39.2 Å². The van der Waals surface area contributed by atoms with Crippen LogP contribution in [0, 0.1) is 0 Å². The number of nitrogens with zero attached hydrogens (tertiary/aromatic N) is 3. The lowest BCUT2D eigenvalue weighted by Gasteiger charge is -2.30. The maximum Gasteiger partial charge on any atom is 0.160 e. The van der Waals surface area contributed by atoms with Gasteiger partial charge < -0.3 is 0 Å². The van der Waals surface area contributed by atoms with E-state index in [9.17, 15) is 0 Å². The lowest BCUT2D eigenvalue weighted by Crippen LogP contribution is -2.25. The Hall–Kier alpha value is -7.75. The van der Waals surface area contributed by atoms with Crippen molar-refractivity contribution >= 4 is 10.8 Å². The monoisotopic (exact) mass is 749 g/mol. The molecule has 8 aromatic carbocycles. The van der Waals surface area contributed by atoms with Crippen molar-refractivity contribution in [2.45, 2.75) is 5.41 Å². The second-order valence-electron chi connectivity index (χ2n) is 15.5. The fourth-order valence-corrected chi connectivity index (χ4v) is 9.80. The molecular weight excluding hydrogens is 715 g/mol. The van der Waals surface area contributed by atoms with E-state index in [1.165, 1.54) is 66.4 Å². The van der Waals surface area contributed by atoms with Gasteiger partial charge in [0.25, 0.3) is 0 Å². The highest BCUT2D eigenvalue weighted by Crippen LogP contribution is 2.63. The van der Waals surface area contributed by atoms with Gasteiger partial charge in [0.1, 0.15) is 0 Å². The Balaban J connectivity index is 1.05. The zero-order chi connectivity index (χ0) is 38.9. The summed E-state index contributed by atoms with van der Waals surface area (Å²) in [5.41, 5.74) is 19.2.